The number of ether oxygens (including phenoxy) is 1. The number of carbonyl (C=O) groups excluding carboxylic acids is 1. The molecule has 0 bridgehead atoms. The first-order valence-electron chi connectivity index (χ1n) is 9.13. The van der Waals surface area contributed by atoms with E-state index < -0.39 is 10.9 Å². The standard InChI is InChI=1S/C21H14N6O5/c1-32-21(29)19-17(23)12(9-22)10-26(19)15-7-6-11(8-16(15)27(30)31)18-13-4-2-3-5-14(13)20(28)25-24-18/h2-8,10H,23H2,1H3,(H,25,28). The van der Waals surface area contributed by atoms with Gasteiger partial charge in [-0.15, -0.1) is 0 Å². The lowest BCUT2D eigenvalue weighted by Gasteiger charge is -2.11. The molecule has 0 atom stereocenters. The van der Waals surface area contributed by atoms with Crippen molar-refractivity contribution in [1.29, 1.82) is 5.26 Å². The van der Waals surface area contributed by atoms with E-state index in [0.29, 0.717) is 22.0 Å². The molecule has 0 saturated carbocycles. The smallest absolute Gasteiger partial charge is 0.357 e. The number of nitrogens with two attached hydrogens (primary N) is 1. The van der Waals surface area contributed by atoms with E-state index in [0.717, 1.165) is 11.7 Å². The molecule has 2 heterocycles. The van der Waals surface area contributed by atoms with Crippen LogP contribution >= 0.6 is 0 Å². The summed E-state index contributed by atoms with van der Waals surface area (Å²) >= 11 is 0. The lowest BCUT2D eigenvalue weighted by atomic mass is 10.0. The lowest BCUT2D eigenvalue weighted by Crippen LogP contribution is -2.12. The van der Waals surface area contributed by atoms with Crippen LogP contribution in [0.4, 0.5) is 11.4 Å². The number of nitro groups is 1. The van der Waals surface area contributed by atoms with Crippen molar-refractivity contribution in [1.82, 2.24) is 14.8 Å². The molecule has 0 saturated heterocycles. The zero-order valence-electron chi connectivity index (χ0n) is 16.5. The highest BCUT2D eigenvalue weighted by atomic mass is 16.6. The number of benzene rings is 2. The largest absolute Gasteiger partial charge is 0.464 e. The van der Waals surface area contributed by atoms with Gasteiger partial charge in [-0.3, -0.25) is 14.9 Å². The Labute approximate surface area is 179 Å². The Hall–Kier alpha value is -4.98. The second-order valence-corrected chi connectivity index (χ2v) is 6.69. The van der Waals surface area contributed by atoms with Gasteiger partial charge in [-0.1, -0.05) is 24.3 Å². The summed E-state index contributed by atoms with van der Waals surface area (Å²) in [6.07, 6.45) is 1.23. The zero-order valence-corrected chi connectivity index (χ0v) is 16.5. The molecule has 11 heteroatoms. The fourth-order valence-electron chi connectivity index (χ4n) is 3.46. The van der Waals surface area contributed by atoms with Crippen LogP contribution in [-0.2, 0) is 4.74 Å². The van der Waals surface area contributed by atoms with Crippen LogP contribution < -0.4 is 11.3 Å². The highest BCUT2D eigenvalue weighted by molar-refractivity contribution is 5.97. The monoisotopic (exact) mass is 430 g/mol. The molecular formula is C21H14N6O5. The number of nitrogens with one attached hydrogen (secondary N) is 1. The first-order valence-corrected chi connectivity index (χ1v) is 9.13. The van der Waals surface area contributed by atoms with Gasteiger partial charge in [-0.2, -0.15) is 10.4 Å². The van der Waals surface area contributed by atoms with Crippen LogP contribution in [-0.4, -0.2) is 32.8 Å². The van der Waals surface area contributed by atoms with Crippen molar-refractivity contribution in [2.45, 2.75) is 0 Å². The molecule has 0 spiro atoms. The topological polar surface area (TPSA) is 170 Å². The van der Waals surface area contributed by atoms with Crippen molar-refractivity contribution in [3.8, 4) is 23.0 Å². The van der Waals surface area contributed by atoms with Crippen LogP contribution in [0.1, 0.15) is 16.1 Å². The molecule has 11 nitrogen and oxygen atoms in total. The maximum Gasteiger partial charge on any atom is 0.357 e. The molecule has 32 heavy (non-hydrogen) atoms. The molecule has 4 rings (SSSR count). The van der Waals surface area contributed by atoms with Gasteiger partial charge in [0.1, 0.15) is 11.8 Å². The van der Waals surface area contributed by atoms with E-state index in [1.807, 2.05) is 6.07 Å². The Morgan fingerprint density at radius 3 is 2.66 bits per heavy atom. The molecule has 0 aliphatic carbocycles. The molecule has 0 amide bonds. The molecule has 0 aliphatic rings. The Morgan fingerprint density at radius 1 is 1.28 bits per heavy atom. The number of nitriles is 1. The number of rotatable bonds is 4. The third-order valence-electron chi connectivity index (χ3n) is 4.94. The van der Waals surface area contributed by atoms with Crippen molar-refractivity contribution in [3.05, 3.63) is 80.4 Å². The predicted molar refractivity (Wildman–Crippen MR) is 114 cm³/mol. The highest BCUT2D eigenvalue weighted by Crippen LogP contribution is 2.34. The Kier molecular flexibility index (Phi) is 4.88. The van der Waals surface area contributed by atoms with Crippen LogP contribution in [0.2, 0.25) is 0 Å². The molecule has 0 aliphatic heterocycles. The number of esters is 1. The van der Waals surface area contributed by atoms with E-state index >= 15 is 0 Å². The third-order valence-corrected chi connectivity index (χ3v) is 4.94. The fraction of sp³-hybridized carbons (Fsp3) is 0.0476. The third kappa shape index (κ3) is 3.12. The average molecular weight is 430 g/mol. The summed E-state index contributed by atoms with van der Waals surface area (Å²) in [5, 5.41) is 28.6. The Bertz CT molecular complexity index is 1510. The first kappa shape index (κ1) is 20.3. The number of methoxy groups -OCH3 is 1. The summed E-state index contributed by atoms with van der Waals surface area (Å²) < 4.78 is 5.88. The average Bonchev–Trinajstić information content (AvgIpc) is 3.14. The van der Waals surface area contributed by atoms with Crippen LogP contribution in [0, 0.1) is 21.4 Å². The molecule has 4 aromatic rings. The lowest BCUT2D eigenvalue weighted by molar-refractivity contribution is -0.384. The summed E-state index contributed by atoms with van der Waals surface area (Å²) in [5.41, 5.74) is 5.47. The molecular weight excluding hydrogens is 416 g/mol. The molecule has 3 N–H and O–H groups in total. The van der Waals surface area contributed by atoms with Crippen molar-refractivity contribution in [2.24, 2.45) is 0 Å². The summed E-state index contributed by atoms with van der Waals surface area (Å²) in [7, 11) is 1.13. The minimum absolute atomic E-state index is 0.00100. The minimum atomic E-state index is -0.851. The Balaban J connectivity index is 1.98. The SMILES string of the molecule is COC(=O)c1c(N)c(C#N)cn1-c1ccc(-c2n[nH]c(=O)c3ccccc23)cc1[N+](=O)[O-]. The van der Waals surface area contributed by atoms with Crippen molar-refractivity contribution < 1.29 is 14.5 Å². The van der Waals surface area contributed by atoms with Gasteiger partial charge >= 0.3 is 5.97 Å². The zero-order chi connectivity index (χ0) is 23.0. The number of aromatic amines is 1. The van der Waals surface area contributed by atoms with Gasteiger partial charge in [0.2, 0.25) is 0 Å². The van der Waals surface area contributed by atoms with E-state index in [4.69, 9.17) is 10.5 Å². The minimum Gasteiger partial charge on any atom is -0.464 e. The second-order valence-electron chi connectivity index (χ2n) is 6.69. The second kappa shape index (κ2) is 7.69. The van der Waals surface area contributed by atoms with Crippen molar-refractivity contribution >= 4 is 28.1 Å². The summed E-state index contributed by atoms with van der Waals surface area (Å²) in [6.45, 7) is 0. The molecule has 2 aromatic heterocycles. The van der Waals surface area contributed by atoms with Gasteiger partial charge in [-0.05, 0) is 12.1 Å². The number of anilines is 1. The number of fused-ring (bicyclic) bond motifs is 1. The predicted octanol–water partition coefficient (Wildman–Crippen LogP) is 2.53. The molecule has 0 unspecified atom stereocenters. The normalized spacial score (nSPS) is 10.6. The highest BCUT2D eigenvalue weighted by Gasteiger charge is 2.26. The number of nitrogen functional groups attached to an aromatic ring is 1. The maximum atomic E-state index is 12.3. The van der Waals surface area contributed by atoms with Gasteiger partial charge in [0.05, 0.1) is 34.4 Å². The number of nitrogens with zero attached hydrogens (tertiary/aromatic N) is 4. The summed E-state index contributed by atoms with van der Waals surface area (Å²) in [5.74, 6) is -0.851. The van der Waals surface area contributed by atoms with Crippen molar-refractivity contribution in [3.63, 3.8) is 0 Å². The van der Waals surface area contributed by atoms with Gasteiger partial charge in [-0.25, -0.2) is 9.89 Å². The summed E-state index contributed by atoms with van der Waals surface area (Å²) in [6, 6.07) is 12.8. The van der Waals surface area contributed by atoms with Gasteiger partial charge in [0, 0.05) is 23.2 Å². The number of hydrogen-bond acceptors (Lipinski definition) is 8. The first-order chi connectivity index (χ1) is 15.4. The number of aromatic nitrogens is 3. The fourth-order valence-corrected chi connectivity index (χ4v) is 3.46. The number of hydrogen-bond donors (Lipinski definition) is 2. The van der Waals surface area contributed by atoms with Gasteiger partial charge < -0.3 is 15.0 Å². The van der Waals surface area contributed by atoms with Crippen LogP contribution in [0.5, 0.6) is 0 Å². The van der Waals surface area contributed by atoms with Gasteiger partial charge in [0.25, 0.3) is 11.2 Å². The molecule has 158 valence electrons. The van der Waals surface area contributed by atoms with Crippen LogP contribution in [0.15, 0.2) is 53.5 Å². The van der Waals surface area contributed by atoms with E-state index in [9.17, 15) is 25.0 Å². The number of carbonyl (C=O) groups is 1. The quantitative estimate of drug-likeness (QED) is 0.282. The van der Waals surface area contributed by atoms with E-state index in [1.165, 1.54) is 18.3 Å². The van der Waals surface area contributed by atoms with E-state index in [2.05, 4.69) is 10.2 Å². The Morgan fingerprint density at radius 2 is 2.00 bits per heavy atom. The van der Waals surface area contributed by atoms with E-state index in [1.54, 1.807) is 30.3 Å². The van der Waals surface area contributed by atoms with Crippen molar-refractivity contribution in [2.75, 3.05) is 12.8 Å². The molecule has 0 radical (unpaired) electrons. The van der Waals surface area contributed by atoms with E-state index in [-0.39, 0.29) is 33.9 Å². The van der Waals surface area contributed by atoms with Crippen LogP contribution in [0.3, 0.4) is 0 Å². The molecule has 0 fully saturated rings. The van der Waals surface area contributed by atoms with Gasteiger partial charge in [0.15, 0.2) is 5.69 Å². The van der Waals surface area contributed by atoms with Crippen LogP contribution in [0.25, 0.3) is 27.7 Å². The molecule has 2 aromatic carbocycles. The number of nitro benzene ring substituents is 1. The summed E-state index contributed by atoms with van der Waals surface area (Å²) in [4.78, 5) is 35.6. The maximum absolute atomic E-state index is 12.3. The number of H-pyrrole nitrogens is 1.